The van der Waals surface area contributed by atoms with Gasteiger partial charge < -0.3 is 20.1 Å². The highest BCUT2D eigenvalue weighted by atomic mass is 16.5. The third kappa shape index (κ3) is 6.36. The predicted octanol–water partition coefficient (Wildman–Crippen LogP) is 0.705. The summed E-state index contributed by atoms with van der Waals surface area (Å²) < 4.78 is 4.95. The average molecular weight is 244 g/mol. The number of nitrogens with one attached hydrogen (secondary N) is 1. The van der Waals surface area contributed by atoms with Gasteiger partial charge in [-0.3, -0.25) is 0 Å². The molecule has 1 heterocycles. The summed E-state index contributed by atoms with van der Waals surface area (Å²) >= 11 is 0. The number of likely N-dealkylation sites (tertiary alicyclic amines) is 1. The molecule has 0 aromatic carbocycles. The highest BCUT2D eigenvalue weighted by molar-refractivity contribution is 4.81. The third-order valence-electron chi connectivity index (χ3n) is 3.31. The first-order valence-electron chi connectivity index (χ1n) is 6.63. The number of rotatable bonds is 7. The maximum absolute atomic E-state index is 9.93. The SMILES string of the molecule is COCCNCC(O)CN1CCCC(C)(C)C1. The summed E-state index contributed by atoms with van der Waals surface area (Å²) in [7, 11) is 1.69. The van der Waals surface area contributed by atoms with Gasteiger partial charge in [-0.25, -0.2) is 0 Å². The van der Waals surface area contributed by atoms with E-state index in [1.54, 1.807) is 7.11 Å². The molecular formula is C13H28N2O2. The van der Waals surface area contributed by atoms with Crippen LogP contribution in [0.5, 0.6) is 0 Å². The van der Waals surface area contributed by atoms with Crippen molar-refractivity contribution in [3.8, 4) is 0 Å². The van der Waals surface area contributed by atoms with Gasteiger partial charge in [-0.15, -0.1) is 0 Å². The highest BCUT2D eigenvalue weighted by Gasteiger charge is 2.27. The van der Waals surface area contributed by atoms with Gasteiger partial charge in [0.2, 0.25) is 0 Å². The van der Waals surface area contributed by atoms with E-state index in [1.807, 2.05) is 0 Å². The van der Waals surface area contributed by atoms with Crippen LogP contribution in [0.4, 0.5) is 0 Å². The Hall–Kier alpha value is -0.160. The van der Waals surface area contributed by atoms with E-state index in [1.165, 1.54) is 12.8 Å². The molecule has 1 aliphatic heterocycles. The molecule has 1 aliphatic rings. The molecule has 0 spiro atoms. The van der Waals surface area contributed by atoms with Crippen molar-refractivity contribution < 1.29 is 9.84 Å². The summed E-state index contributed by atoms with van der Waals surface area (Å²) in [5, 5.41) is 13.1. The number of hydrogen-bond acceptors (Lipinski definition) is 4. The molecule has 1 saturated heterocycles. The Bertz CT molecular complexity index is 210. The van der Waals surface area contributed by atoms with Gasteiger partial charge in [-0.1, -0.05) is 13.8 Å². The molecule has 1 atom stereocenters. The molecule has 0 aliphatic carbocycles. The van der Waals surface area contributed by atoms with Crippen LogP contribution in [0.3, 0.4) is 0 Å². The number of methoxy groups -OCH3 is 1. The Labute approximate surface area is 105 Å². The first-order valence-corrected chi connectivity index (χ1v) is 6.63. The molecule has 0 radical (unpaired) electrons. The van der Waals surface area contributed by atoms with Gasteiger partial charge >= 0.3 is 0 Å². The summed E-state index contributed by atoms with van der Waals surface area (Å²) in [5.74, 6) is 0. The minimum absolute atomic E-state index is 0.277. The second kappa shape index (κ2) is 7.31. The van der Waals surface area contributed by atoms with E-state index < -0.39 is 0 Å². The lowest BCUT2D eigenvalue weighted by molar-refractivity contribution is 0.0593. The molecule has 0 aromatic rings. The van der Waals surface area contributed by atoms with E-state index in [-0.39, 0.29) is 6.10 Å². The van der Waals surface area contributed by atoms with E-state index >= 15 is 0 Å². The van der Waals surface area contributed by atoms with Gasteiger partial charge in [-0.05, 0) is 24.8 Å². The van der Waals surface area contributed by atoms with Crippen LogP contribution in [0, 0.1) is 5.41 Å². The van der Waals surface area contributed by atoms with Crippen LogP contribution < -0.4 is 5.32 Å². The molecule has 0 bridgehead atoms. The fraction of sp³-hybridized carbons (Fsp3) is 1.00. The first kappa shape index (κ1) is 14.9. The number of nitrogens with zero attached hydrogens (tertiary/aromatic N) is 1. The number of aliphatic hydroxyl groups excluding tert-OH is 1. The van der Waals surface area contributed by atoms with Crippen molar-refractivity contribution in [1.82, 2.24) is 10.2 Å². The van der Waals surface area contributed by atoms with Crippen molar-refractivity contribution in [1.29, 1.82) is 0 Å². The normalized spacial score (nSPS) is 22.6. The van der Waals surface area contributed by atoms with Crippen molar-refractivity contribution in [2.24, 2.45) is 5.41 Å². The molecule has 4 nitrogen and oxygen atoms in total. The van der Waals surface area contributed by atoms with Crippen molar-refractivity contribution in [3.63, 3.8) is 0 Å². The second-order valence-corrected chi connectivity index (χ2v) is 5.85. The summed E-state index contributed by atoms with van der Waals surface area (Å²) in [6, 6.07) is 0. The maximum Gasteiger partial charge on any atom is 0.0791 e. The van der Waals surface area contributed by atoms with Crippen molar-refractivity contribution in [3.05, 3.63) is 0 Å². The zero-order chi connectivity index (χ0) is 12.7. The fourth-order valence-electron chi connectivity index (χ4n) is 2.51. The largest absolute Gasteiger partial charge is 0.390 e. The zero-order valence-electron chi connectivity index (χ0n) is 11.5. The standard InChI is InChI=1S/C13H28N2O2/c1-13(2)5-4-7-15(11-13)10-12(16)9-14-6-8-17-3/h12,14,16H,4-11H2,1-3H3. The second-order valence-electron chi connectivity index (χ2n) is 5.85. The topological polar surface area (TPSA) is 44.7 Å². The summed E-state index contributed by atoms with van der Waals surface area (Å²) in [6.45, 7) is 9.78. The molecule has 0 amide bonds. The molecule has 0 saturated carbocycles. The van der Waals surface area contributed by atoms with Crippen LogP contribution in [-0.2, 0) is 4.74 Å². The summed E-state index contributed by atoms with van der Waals surface area (Å²) in [5.41, 5.74) is 0.404. The summed E-state index contributed by atoms with van der Waals surface area (Å²) in [4.78, 5) is 2.38. The number of hydrogen-bond donors (Lipinski definition) is 2. The minimum atomic E-state index is -0.277. The van der Waals surface area contributed by atoms with Crippen LogP contribution >= 0.6 is 0 Å². The molecule has 2 N–H and O–H groups in total. The lowest BCUT2D eigenvalue weighted by Gasteiger charge is -2.38. The molecule has 17 heavy (non-hydrogen) atoms. The number of ether oxygens (including phenoxy) is 1. The van der Waals surface area contributed by atoms with Crippen molar-refractivity contribution in [2.75, 3.05) is 46.4 Å². The lowest BCUT2D eigenvalue weighted by atomic mass is 9.84. The number of aliphatic hydroxyl groups is 1. The molecule has 1 unspecified atom stereocenters. The predicted molar refractivity (Wildman–Crippen MR) is 70.2 cm³/mol. The van der Waals surface area contributed by atoms with Gasteiger partial charge in [0.1, 0.15) is 0 Å². The van der Waals surface area contributed by atoms with Gasteiger partial charge in [0.05, 0.1) is 12.7 Å². The van der Waals surface area contributed by atoms with Gasteiger partial charge in [0.15, 0.2) is 0 Å². The average Bonchev–Trinajstić information content (AvgIpc) is 2.23. The fourth-order valence-corrected chi connectivity index (χ4v) is 2.51. The zero-order valence-corrected chi connectivity index (χ0v) is 11.5. The Balaban J connectivity index is 2.15. The van der Waals surface area contributed by atoms with Crippen molar-refractivity contribution in [2.45, 2.75) is 32.8 Å². The van der Waals surface area contributed by atoms with Gasteiger partial charge in [0.25, 0.3) is 0 Å². The minimum Gasteiger partial charge on any atom is -0.390 e. The van der Waals surface area contributed by atoms with Gasteiger partial charge in [0, 0.05) is 33.3 Å². The van der Waals surface area contributed by atoms with Crippen LogP contribution in [0.25, 0.3) is 0 Å². The molecule has 0 aromatic heterocycles. The van der Waals surface area contributed by atoms with E-state index in [4.69, 9.17) is 4.74 Å². The molecule has 1 rings (SSSR count). The maximum atomic E-state index is 9.93. The molecule has 4 heteroatoms. The Morgan fingerprint density at radius 2 is 2.24 bits per heavy atom. The first-order chi connectivity index (χ1) is 8.03. The van der Waals surface area contributed by atoms with Crippen LogP contribution in [0.15, 0.2) is 0 Å². The number of β-amino-alcohol motifs (C(OH)–C–C–N with tert-alkyl or cyclic N) is 1. The van der Waals surface area contributed by atoms with E-state index in [0.29, 0.717) is 18.6 Å². The van der Waals surface area contributed by atoms with Gasteiger partial charge in [-0.2, -0.15) is 0 Å². The van der Waals surface area contributed by atoms with E-state index in [9.17, 15) is 5.11 Å². The lowest BCUT2D eigenvalue weighted by Crippen LogP contribution is -2.45. The molecule has 1 fully saturated rings. The van der Waals surface area contributed by atoms with Crippen LogP contribution in [0.2, 0.25) is 0 Å². The van der Waals surface area contributed by atoms with Crippen LogP contribution in [0.1, 0.15) is 26.7 Å². The van der Waals surface area contributed by atoms with E-state index in [0.717, 1.165) is 26.2 Å². The molecular weight excluding hydrogens is 216 g/mol. The summed E-state index contributed by atoms with van der Waals surface area (Å²) in [6.07, 6.45) is 2.27. The Kier molecular flexibility index (Phi) is 6.41. The number of piperidine rings is 1. The Morgan fingerprint density at radius 1 is 1.47 bits per heavy atom. The Morgan fingerprint density at radius 3 is 2.88 bits per heavy atom. The quantitative estimate of drug-likeness (QED) is 0.647. The molecule has 102 valence electrons. The smallest absolute Gasteiger partial charge is 0.0791 e. The monoisotopic (exact) mass is 244 g/mol. The van der Waals surface area contributed by atoms with Crippen molar-refractivity contribution >= 4 is 0 Å². The van der Waals surface area contributed by atoms with E-state index in [2.05, 4.69) is 24.1 Å². The van der Waals surface area contributed by atoms with Crippen LogP contribution in [-0.4, -0.2) is 62.6 Å². The third-order valence-corrected chi connectivity index (χ3v) is 3.31. The highest BCUT2D eigenvalue weighted by Crippen LogP contribution is 2.28.